The Kier molecular flexibility index (Phi) is 4.76. The van der Waals surface area contributed by atoms with Gasteiger partial charge < -0.3 is 15.2 Å². The Labute approximate surface area is 103 Å². The van der Waals surface area contributed by atoms with Gasteiger partial charge in [-0.05, 0) is 25.1 Å². The molecule has 1 aromatic rings. The van der Waals surface area contributed by atoms with Crippen LogP contribution in [0.2, 0.25) is 0 Å². The summed E-state index contributed by atoms with van der Waals surface area (Å²) in [5, 5.41) is 12.1. The van der Waals surface area contributed by atoms with E-state index in [4.69, 9.17) is 9.84 Å². The Morgan fingerprint density at radius 1 is 1.62 bits per heavy atom. The second-order valence-corrected chi connectivity index (χ2v) is 4.41. The first kappa shape index (κ1) is 13.0. The van der Waals surface area contributed by atoms with E-state index in [0.717, 1.165) is 4.47 Å². The quantitative estimate of drug-likeness (QED) is 0.874. The fraction of sp³-hybridized carbons (Fsp3) is 0.364. The minimum absolute atomic E-state index is 0.0595. The third-order valence-electron chi connectivity index (χ3n) is 2.03. The monoisotopic (exact) mass is 287 g/mol. The highest BCUT2D eigenvalue weighted by atomic mass is 79.9. The number of hydrogen-bond acceptors (Lipinski definition) is 3. The van der Waals surface area contributed by atoms with E-state index in [2.05, 4.69) is 21.2 Å². The van der Waals surface area contributed by atoms with Crippen molar-refractivity contribution in [2.24, 2.45) is 0 Å². The first-order valence-electron chi connectivity index (χ1n) is 4.83. The Morgan fingerprint density at radius 2 is 2.31 bits per heavy atom. The second-order valence-electron chi connectivity index (χ2n) is 3.50. The molecule has 4 nitrogen and oxygen atoms in total. The maximum atomic E-state index is 11.0. The number of ether oxygens (including phenoxy) is 1. The van der Waals surface area contributed by atoms with Gasteiger partial charge in [-0.2, -0.15) is 0 Å². The van der Waals surface area contributed by atoms with Crippen molar-refractivity contribution in [3.05, 3.63) is 28.2 Å². The highest BCUT2D eigenvalue weighted by molar-refractivity contribution is 9.10. The lowest BCUT2D eigenvalue weighted by atomic mass is 10.1. The zero-order valence-corrected chi connectivity index (χ0v) is 10.7. The van der Waals surface area contributed by atoms with Crippen molar-refractivity contribution >= 4 is 27.6 Å². The van der Waals surface area contributed by atoms with E-state index in [1.54, 1.807) is 25.3 Å². The van der Waals surface area contributed by atoms with Gasteiger partial charge in [0.25, 0.3) is 0 Å². The molecule has 0 saturated heterocycles. The highest BCUT2D eigenvalue weighted by Crippen LogP contribution is 2.21. The average molecular weight is 288 g/mol. The smallest absolute Gasteiger partial charge is 0.337 e. The summed E-state index contributed by atoms with van der Waals surface area (Å²) in [5.74, 6) is -0.951. The number of halogens is 1. The maximum absolute atomic E-state index is 11.0. The molecule has 2 N–H and O–H groups in total. The molecule has 0 bridgehead atoms. The predicted molar refractivity (Wildman–Crippen MR) is 66.1 cm³/mol. The van der Waals surface area contributed by atoms with Crippen LogP contribution >= 0.6 is 15.9 Å². The van der Waals surface area contributed by atoms with Crippen LogP contribution in [0.3, 0.4) is 0 Å². The number of benzene rings is 1. The molecule has 0 aliphatic rings. The second kappa shape index (κ2) is 5.86. The number of methoxy groups -OCH3 is 1. The molecule has 0 saturated carbocycles. The minimum Gasteiger partial charge on any atom is -0.478 e. The normalized spacial score (nSPS) is 12.2. The van der Waals surface area contributed by atoms with Gasteiger partial charge in [-0.15, -0.1) is 0 Å². The molecule has 0 aliphatic carbocycles. The number of rotatable bonds is 5. The number of carboxylic acids is 1. The first-order chi connectivity index (χ1) is 7.54. The highest BCUT2D eigenvalue weighted by Gasteiger charge is 2.12. The van der Waals surface area contributed by atoms with Gasteiger partial charge >= 0.3 is 5.97 Å². The van der Waals surface area contributed by atoms with Crippen LogP contribution in [-0.4, -0.2) is 30.8 Å². The van der Waals surface area contributed by atoms with Crippen molar-refractivity contribution in [2.75, 3.05) is 19.0 Å². The molecular formula is C11H14BrNO3. The van der Waals surface area contributed by atoms with Gasteiger partial charge in [0.1, 0.15) is 0 Å². The van der Waals surface area contributed by atoms with Gasteiger partial charge in [0.2, 0.25) is 0 Å². The summed E-state index contributed by atoms with van der Waals surface area (Å²) in [6.07, 6.45) is 0. The summed E-state index contributed by atoms with van der Waals surface area (Å²) >= 11 is 3.25. The molecule has 0 fully saturated rings. The van der Waals surface area contributed by atoms with Crippen LogP contribution in [0, 0.1) is 0 Å². The van der Waals surface area contributed by atoms with Crippen LogP contribution in [0.1, 0.15) is 17.3 Å². The molecule has 1 rings (SSSR count). The van der Waals surface area contributed by atoms with Crippen molar-refractivity contribution in [2.45, 2.75) is 13.0 Å². The molecular weight excluding hydrogens is 274 g/mol. The van der Waals surface area contributed by atoms with Crippen LogP contribution in [0.4, 0.5) is 5.69 Å². The molecule has 0 aliphatic heterocycles. The van der Waals surface area contributed by atoms with E-state index in [-0.39, 0.29) is 11.6 Å². The molecule has 88 valence electrons. The fourth-order valence-electron chi connectivity index (χ4n) is 1.38. The summed E-state index contributed by atoms with van der Waals surface area (Å²) in [6, 6.07) is 5.17. The molecule has 1 unspecified atom stereocenters. The van der Waals surface area contributed by atoms with Crippen LogP contribution in [0.5, 0.6) is 0 Å². The summed E-state index contributed by atoms with van der Waals surface area (Å²) in [6.45, 7) is 2.45. The maximum Gasteiger partial charge on any atom is 0.337 e. The number of carbonyl (C=O) groups is 1. The zero-order chi connectivity index (χ0) is 12.1. The van der Waals surface area contributed by atoms with E-state index >= 15 is 0 Å². The first-order valence-corrected chi connectivity index (χ1v) is 5.62. The number of nitrogens with one attached hydrogen (secondary N) is 1. The van der Waals surface area contributed by atoms with Gasteiger partial charge in [0.05, 0.1) is 12.2 Å². The lowest BCUT2D eigenvalue weighted by Crippen LogP contribution is -2.22. The molecule has 1 atom stereocenters. The Hall–Kier alpha value is -1.07. The lowest BCUT2D eigenvalue weighted by molar-refractivity contribution is 0.0697. The summed E-state index contributed by atoms with van der Waals surface area (Å²) in [5.41, 5.74) is 0.845. The van der Waals surface area contributed by atoms with Crippen molar-refractivity contribution in [1.82, 2.24) is 0 Å². The van der Waals surface area contributed by atoms with Crippen molar-refractivity contribution in [1.29, 1.82) is 0 Å². The molecule has 0 amide bonds. The summed E-state index contributed by atoms with van der Waals surface area (Å²) in [7, 11) is 1.61. The Balaban J connectivity index is 2.90. The van der Waals surface area contributed by atoms with E-state index in [1.807, 2.05) is 6.92 Å². The van der Waals surface area contributed by atoms with Crippen LogP contribution in [0.25, 0.3) is 0 Å². The minimum atomic E-state index is -0.951. The van der Waals surface area contributed by atoms with E-state index in [1.165, 1.54) is 0 Å². The van der Waals surface area contributed by atoms with Crippen molar-refractivity contribution < 1.29 is 14.6 Å². The number of aromatic carboxylic acids is 1. The summed E-state index contributed by atoms with van der Waals surface area (Å²) < 4.78 is 5.73. The Bertz CT molecular complexity index is 381. The zero-order valence-electron chi connectivity index (χ0n) is 9.16. The fourth-order valence-corrected chi connectivity index (χ4v) is 1.74. The van der Waals surface area contributed by atoms with Gasteiger partial charge in [-0.3, -0.25) is 0 Å². The SMILES string of the molecule is COCC(C)Nc1ccc(Br)cc1C(=O)O. The van der Waals surface area contributed by atoms with E-state index < -0.39 is 5.97 Å². The van der Waals surface area contributed by atoms with Crippen molar-refractivity contribution in [3.63, 3.8) is 0 Å². The van der Waals surface area contributed by atoms with E-state index in [9.17, 15) is 4.79 Å². The summed E-state index contributed by atoms with van der Waals surface area (Å²) in [4.78, 5) is 11.0. The topological polar surface area (TPSA) is 58.6 Å². The molecule has 5 heteroatoms. The third-order valence-corrected chi connectivity index (χ3v) is 2.52. The molecule has 16 heavy (non-hydrogen) atoms. The van der Waals surface area contributed by atoms with Crippen LogP contribution in [-0.2, 0) is 4.74 Å². The van der Waals surface area contributed by atoms with Gasteiger partial charge in [0.15, 0.2) is 0 Å². The molecule has 0 heterocycles. The number of carboxylic acid groups (broad SMARTS) is 1. The molecule has 0 radical (unpaired) electrons. The van der Waals surface area contributed by atoms with Crippen LogP contribution < -0.4 is 5.32 Å². The average Bonchev–Trinajstić information content (AvgIpc) is 2.20. The molecule has 0 aromatic heterocycles. The number of anilines is 1. The molecule has 0 spiro atoms. The molecule has 1 aromatic carbocycles. The third kappa shape index (κ3) is 3.50. The van der Waals surface area contributed by atoms with Crippen LogP contribution in [0.15, 0.2) is 22.7 Å². The Morgan fingerprint density at radius 3 is 2.88 bits per heavy atom. The van der Waals surface area contributed by atoms with Gasteiger partial charge in [-0.1, -0.05) is 15.9 Å². The standard InChI is InChI=1S/C11H14BrNO3/c1-7(6-16-2)13-10-4-3-8(12)5-9(10)11(14)15/h3-5,7,13H,6H2,1-2H3,(H,14,15). The lowest BCUT2D eigenvalue weighted by Gasteiger charge is -2.16. The number of hydrogen-bond donors (Lipinski definition) is 2. The largest absolute Gasteiger partial charge is 0.478 e. The van der Waals surface area contributed by atoms with Crippen molar-refractivity contribution in [3.8, 4) is 0 Å². The van der Waals surface area contributed by atoms with Gasteiger partial charge in [0, 0.05) is 23.3 Å². The van der Waals surface area contributed by atoms with E-state index in [0.29, 0.717) is 12.3 Å². The van der Waals surface area contributed by atoms with Gasteiger partial charge in [-0.25, -0.2) is 4.79 Å². The predicted octanol–water partition coefficient (Wildman–Crippen LogP) is 2.59.